The maximum absolute atomic E-state index is 13.9. The summed E-state index contributed by atoms with van der Waals surface area (Å²) in [5.74, 6) is -4.42. The highest BCUT2D eigenvalue weighted by atomic mass is 35.5. The topological polar surface area (TPSA) is 88.5 Å². The van der Waals surface area contributed by atoms with E-state index in [1.807, 2.05) is 0 Å². The van der Waals surface area contributed by atoms with Gasteiger partial charge in [0.2, 0.25) is 17.7 Å². The molecule has 3 atom stereocenters. The predicted molar refractivity (Wildman–Crippen MR) is 159 cm³/mol. The number of alkyl halides is 6. The molecule has 7 nitrogen and oxygen atoms in total. The summed E-state index contributed by atoms with van der Waals surface area (Å²) < 4.78 is 81.0. The summed E-state index contributed by atoms with van der Waals surface area (Å²) in [6, 6.07) is 14.0. The maximum Gasteiger partial charge on any atom is 0.416 e. The number of imide groups is 1. The minimum atomic E-state index is -4.73. The summed E-state index contributed by atoms with van der Waals surface area (Å²) in [5.41, 5.74) is -1.97. The van der Waals surface area contributed by atoms with Crippen molar-refractivity contribution < 1.29 is 40.7 Å². The molecule has 1 saturated heterocycles. The summed E-state index contributed by atoms with van der Waals surface area (Å²) >= 11 is 7.64. The lowest BCUT2D eigenvalue weighted by Gasteiger charge is -2.30. The normalized spacial score (nSPS) is 19.6. The molecule has 3 heterocycles. The molecule has 2 aliphatic heterocycles. The number of hydrogen-bond acceptors (Lipinski definition) is 6. The third-order valence-electron chi connectivity index (χ3n) is 7.49. The molecule has 2 aliphatic rings. The van der Waals surface area contributed by atoms with Gasteiger partial charge in [-0.3, -0.25) is 23.7 Å². The van der Waals surface area contributed by atoms with E-state index in [1.165, 1.54) is 12.1 Å². The van der Waals surface area contributed by atoms with Crippen molar-refractivity contribution in [1.29, 1.82) is 0 Å². The Hall–Kier alpha value is -4.08. The van der Waals surface area contributed by atoms with Gasteiger partial charge >= 0.3 is 17.2 Å². The molecule has 2 unspecified atom stereocenters. The molecular weight excluding hydrogens is 680 g/mol. The van der Waals surface area contributed by atoms with Crippen LogP contribution in [-0.2, 0) is 33.3 Å². The Balaban J connectivity index is 1.38. The number of hydrogen-bond donors (Lipinski definition) is 1. The highest BCUT2D eigenvalue weighted by molar-refractivity contribution is 8.00. The molecule has 0 aliphatic carbocycles. The van der Waals surface area contributed by atoms with E-state index >= 15 is 0 Å². The second-order valence-electron chi connectivity index (χ2n) is 10.4. The van der Waals surface area contributed by atoms with Crippen LogP contribution in [0.5, 0.6) is 0 Å². The molecule has 0 radical (unpaired) electrons. The molecule has 1 aromatic heterocycles. The van der Waals surface area contributed by atoms with Crippen LogP contribution in [0, 0.1) is 5.92 Å². The van der Waals surface area contributed by atoms with Crippen molar-refractivity contribution in [3.8, 4) is 0 Å². The number of anilines is 2. The lowest BCUT2D eigenvalue weighted by molar-refractivity contribution is -0.138. The Kier molecular flexibility index (Phi) is 8.05. The Morgan fingerprint density at radius 3 is 2.13 bits per heavy atom. The van der Waals surface area contributed by atoms with Crippen molar-refractivity contribution in [2.45, 2.75) is 35.1 Å². The number of halogens is 7. The molecule has 3 aromatic carbocycles. The molecule has 0 saturated carbocycles. The number of carbonyl (C=O) groups is 3. The lowest BCUT2D eigenvalue weighted by Crippen LogP contribution is -2.33. The number of aromatic nitrogens is 1. The van der Waals surface area contributed by atoms with E-state index < -0.39 is 69.7 Å². The Morgan fingerprint density at radius 2 is 1.48 bits per heavy atom. The molecular formula is C30H18ClF6N3O4S2. The van der Waals surface area contributed by atoms with Gasteiger partial charge in [0, 0.05) is 21.5 Å². The largest absolute Gasteiger partial charge is 0.416 e. The second kappa shape index (κ2) is 11.6. The third-order valence-corrected chi connectivity index (χ3v) is 10.3. The van der Waals surface area contributed by atoms with Gasteiger partial charge in [0.1, 0.15) is 11.8 Å². The van der Waals surface area contributed by atoms with Crippen molar-refractivity contribution in [2.75, 3.05) is 10.2 Å². The van der Waals surface area contributed by atoms with Crippen molar-refractivity contribution in [1.82, 2.24) is 4.57 Å². The van der Waals surface area contributed by atoms with E-state index in [0.29, 0.717) is 26.4 Å². The van der Waals surface area contributed by atoms with Crippen molar-refractivity contribution in [3.05, 3.63) is 109 Å². The maximum atomic E-state index is 13.9. The highest BCUT2D eigenvalue weighted by Crippen LogP contribution is 2.54. The molecule has 0 spiro atoms. The number of benzene rings is 3. The van der Waals surface area contributed by atoms with Crippen LogP contribution in [0.15, 0.2) is 82.6 Å². The number of carbonyl (C=O) groups excluding carboxylic acids is 3. The molecule has 1 fully saturated rings. The van der Waals surface area contributed by atoms with Gasteiger partial charge in [0.15, 0.2) is 0 Å². The monoisotopic (exact) mass is 697 g/mol. The van der Waals surface area contributed by atoms with Crippen molar-refractivity contribution in [3.63, 3.8) is 0 Å². The van der Waals surface area contributed by atoms with Gasteiger partial charge in [-0.25, -0.2) is 4.90 Å². The first-order valence-electron chi connectivity index (χ1n) is 13.3. The minimum absolute atomic E-state index is 0.156. The van der Waals surface area contributed by atoms with E-state index in [0.717, 1.165) is 58.0 Å². The van der Waals surface area contributed by atoms with E-state index in [4.69, 9.17) is 11.6 Å². The number of nitrogens with one attached hydrogen (secondary N) is 1. The fourth-order valence-electron chi connectivity index (χ4n) is 5.48. The summed E-state index contributed by atoms with van der Waals surface area (Å²) in [5, 5.41) is 1.71. The zero-order chi connectivity index (χ0) is 33.1. The molecule has 4 aromatic rings. The first-order chi connectivity index (χ1) is 21.6. The lowest BCUT2D eigenvalue weighted by atomic mass is 9.83. The van der Waals surface area contributed by atoms with Crippen LogP contribution in [0.1, 0.15) is 27.5 Å². The first-order valence-corrected chi connectivity index (χ1v) is 15.4. The summed E-state index contributed by atoms with van der Waals surface area (Å²) in [6.07, 6.45) is -9.38. The highest BCUT2D eigenvalue weighted by Gasteiger charge is 2.57. The van der Waals surface area contributed by atoms with Crippen LogP contribution in [-0.4, -0.2) is 27.5 Å². The van der Waals surface area contributed by atoms with Crippen molar-refractivity contribution >= 4 is 63.8 Å². The number of fused-ring (bicyclic) bond motifs is 2. The van der Waals surface area contributed by atoms with Crippen molar-refractivity contribution in [2.24, 2.45) is 5.92 Å². The van der Waals surface area contributed by atoms with Crippen LogP contribution >= 0.6 is 34.7 Å². The third kappa shape index (κ3) is 5.82. The summed E-state index contributed by atoms with van der Waals surface area (Å²) in [7, 11) is 0. The van der Waals surface area contributed by atoms with Gasteiger partial charge in [-0.15, -0.1) is 0 Å². The van der Waals surface area contributed by atoms with Gasteiger partial charge in [0.25, 0.3) is 0 Å². The predicted octanol–water partition coefficient (Wildman–Crippen LogP) is 7.04. The quantitative estimate of drug-likeness (QED) is 0.179. The van der Waals surface area contributed by atoms with E-state index in [-0.39, 0.29) is 16.4 Å². The number of thioether (sulfide) groups is 1. The number of thiazole rings is 1. The fraction of sp³-hybridized carbons (Fsp3) is 0.200. The SMILES string of the molecule is O=C(Cn1c2c(sc1=O)[C@@H](c1ccc(Cl)cc1)C1C(=O)N(c3cccc(C(F)(F)F)c3)C(=O)C1S2)Nc1cccc(C(F)(F)F)c1. The van der Waals surface area contributed by atoms with E-state index in [2.05, 4.69) is 5.32 Å². The van der Waals surface area contributed by atoms with Crippen LogP contribution in [0.25, 0.3) is 0 Å². The van der Waals surface area contributed by atoms with Gasteiger partial charge in [-0.1, -0.05) is 59.0 Å². The smallest absolute Gasteiger partial charge is 0.325 e. The summed E-state index contributed by atoms with van der Waals surface area (Å²) in [4.78, 5) is 54.3. The minimum Gasteiger partial charge on any atom is -0.325 e. The average Bonchev–Trinajstić information content (AvgIpc) is 3.43. The molecule has 3 amide bonds. The number of rotatable bonds is 5. The van der Waals surface area contributed by atoms with Crippen LogP contribution in [0.3, 0.4) is 0 Å². The van der Waals surface area contributed by atoms with Crippen LogP contribution in [0.2, 0.25) is 5.02 Å². The van der Waals surface area contributed by atoms with Crippen LogP contribution in [0.4, 0.5) is 37.7 Å². The van der Waals surface area contributed by atoms with Crippen LogP contribution < -0.4 is 15.1 Å². The number of amides is 3. The Bertz CT molecular complexity index is 1940. The van der Waals surface area contributed by atoms with Gasteiger partial charge in [0.05, 0.1) is 27.8 Å². The first kappa shape index (κ1) is 31.9. The zero-order valence-electron chi connectivity index (χ0n) is 22.9. The molecule has 238 valence electrons. The molecule has 16 heteroatoms. The fourth-order valence-corrected chi connectivity index (χ4v) is 8.38. The Morgan fingerprint density at radius 1 is 0.848 bits per heavy atom. The average molecular weight is 698 g/mol. The molecule has 6 rings (SSSR count). The zero-order valence-corrected chi connectivity index (χ0v) is 25.2. The molecule has 1 N–H and O–H groups in total. The number of nitrogens with zero attached hydrogens (tertiary/aromatic N) is 2. The van der Waals surface area contributed by atoms with Gasteiger partial charge in [-0.05, 0) is 54.1 Å². The van der Waals surface area contributed by atoms with Gasteiger partial charge < -0.3 is 5.32 Å². The summed E-state index contributed by atoms with van der Waals surface area (Å²) in [6.45, 7) is -0.627. The molecule has 46 heavy (non-hydrogen) atoms. The second-order valence-corrected chi connectivity index (χ2v) is 13.0. The van der Waals surface area contributed by atoms with E-state index in [9.17, 15) is 45.5 Å². The van der Waals surface area contributed by atoms with E-state index in [1.54, 1.807) is 24.3 Å². The standard InChI is InChI=1S/C30H18ClF6N3O4S2/c31-17-9-7-14(8-10-17)21-22-23(26(43)40(25(22)42)19-6-2-4-16(12-19)30(35,36)37)45-27-24(21)46-28(44)39(27)13-20(41)38-18-5-1-3-15(11-18)29(32,33)34/h1-12,21-23H,13H2,(H,38,41)/t21-,22?,23?/m0/s1. The Labute approximate surface area is 268 Å². The van der Waals surface area contributed by atoms with Gasteiger partial charge in [-0.2, -0.15) is 26.3 Å². The molecule has 0 bridgehead atoms.